The molecule has 3 rings (SSSR count). The molecule has 36 heavy (non-hydrogen) atoms. The largest absolute Gasteiger partial charge is 0.398 e. The molecule has 0 aliphatic carbocycles. The Kier molecular flexibility index (Phi) is 9.25. The zero-order chi connectivity index (χ0) is 26.4. The van der Waals surface area contributed by atoms with Gasteiger partial charge in [0, 0.05) is 42.4 Å². The van der Waals surface area contributed by atoms with Gasteiger partial charge in [-0.25, -0.2) is 0 Å². The first-order valence-corrected chi connectivity index (χ1v) is 12.6. The van der Waals surface area contributed by atoms with E-state index in [0.717, 1.165) is 55.7 Å². The summed E-state index contributed by atoms with van der Waals surface area (Å²) in [6.45, 7) is 5.76. The van der Waals surface area contributed by atoms with Gasteiger partial charge >= 0.3 is 0 Å². The lowest BCUT2D eigenvalue weighted by molar-refractivity contribution is -0.114. The van der Waals surface area contributed by atoms with Gasteiger partial charge in [-0.1, -0.05) is 37.7 Å². The number of piperidine rings is 1. The molecule has 194 valence electrons. The van der Waals surface area contributed by atoms with Crippen molar-refractivity contribution in [3.8, 4) is 0 Å². The Balaban J connectivity index is 1.64. The summed E-state index contributed by atoms with van der Waals surface area (Å²) in [5.41, 5.74) is 20.4. The van der Waals surface area contributed by atoms with Crippen molar-refractivity contribution in [2.24, 2.45) is 17.2 Å². The molecule has 9 nitrogen and oxygen atoms in total. The number of aliphatic hydroxyl groups is 1. The summed E-state index contributed by atoms with van der Waals surface area (Å²) in [4.78, 5) is 28.4. The molecule has 2 amide bonds. The van der Waals surface area contributed by atoms with Crippen molar-refractivity contribution in [3.05, 3.63) is 62.8 Å². The highest BCUT2D eigenvalue weighted by Gasteiger charge is 2.22. The second-order valence-electron chi connectivity index (χ2n) is 9.21. The molecule has 1 atom stereocenters. The number of aryl methyl sites for hydroxylation is 1. The van der Waals surface area contributed by atoms with E-state index >= 15 is 0 Å². The minimum atomic E-state index is -0.674. The maximum absolute atomic E-state index is 11.6. The third-order valence-electron chi connectivity index (χ3n) is 6.68. The summed E-state index contributed by atoms with van der Waals surface area (Å²) < 4.78 is 0.500. The van der Waals surface area contributed by atoms with Crippen LogP contribution in [0.1, 0.15) is 66.3 Å². The molecule has 2 heterocycles. The van der Waals surface area contributed by atoms with E-state index in [0.29, 0.717) is 33.6 Å². The van der Waals surface area contributed by atoms with Gasteiger partial charge in [0.25, 0.3) is 0 Å². The number of carbonyl (C=O) groups excluding carboxylic acids is 2. The topological polar surface area (TPSA) is 163 Å². The standard InChI is InChI=1S/C26H36N6O3S/c1-3-4-18-13-21(31-26(36)22(18)23(27)15(2)24(28)34)32-11-9-19(10-12-32)30-14-20(33)16-5-7-17(8-6-16)25(29)35/h5-8,13,19-20,30,33H,3-4,9-12,14,27H2,1-2H3,(H2,28,34)(H2,29,35)(H,31,36)/b23-15-. The maximum Gasteiger partial charge on any atom is 0.248 e. The molecule has 0 spiro atoms. The molecule has 1 aliphatic heterocycles. The normalized spacial score (nSPS) is 15.9. The highest BCUT2D eigenvalue weighted by molar-refractivity contribution is 7.71. The van der Waals surface area contributed by atoms with Crippen LogP contribution < -0.4 is 27.4 Å². The monoisotopic (exact) mass is 512 g/mol. The Hall–Kier alpha value is -3.21. The number of benzene rings is 1. The zero-order valence-electron chi connectivity index (χ0n) is 20.8. The number of aliphatic hydroxyl groups excluding tert-OH is 1. The van der Waals surface area contributed by atoms with Crippen molar-refractivity contribution in [2.45, 2.75) is 51.7 Å². The van der Waals surface area contributed by atoms with Crippen LogP contribution in [-0.2, 0) is 11.2 Å². The average molecular weight is 513 g/mol. The summed E-state index contributed by atoms with van der Waals surface area (Å²) in [6, 6.07) is 9.04. The molecule has 9 N–H and O–H groups in total. The lowest BCUT2D eigenvalue weighted by Crippen LogP contribution is -2.44. The first kappa shape index (κ1) is 27.4. The number of rotatable bonds is 10. The molecule has 0 radical (unpaired) electrons. The number of hydrogen-bond acceptors (Lipinski definition) is 7. The number of primary amides is 2. The summed E-state index contributed by atoms with van der Waals surface area (Å²) in [6.07, 6.45) is 2.83. The molecule has 2 aromatic rings. The van der Waals surface area contributed by atoms with Crippen LogP contribution in [0.4, 0.5) is 5.82 Å². The SMILES string of the molecule is CCCc1cc(N2CCC(NCC(O)c3ccc(C(N)=O)cc3)CC2)[nH]c(=S)c1/C(N)=C(\C)C(N)=O. The van der Waals surface area contributed by atoms with E-state index in [2.05, 4.69) is 28.2 Å². The number of amides is 2. The van der Waals surface area contributed by atoms with Gasteiger partial charge in [0.1, 0.15) is 10.5 Å². The van der Waals surface area contributed by atoms with Gasteiger partial charge in [-0.2, -0.15) is 0 Å². The van der Waals surface area contributed by atoms with Crippen molar-refractivity contribution in [1.29, 1.82) is 0 Å². The third kappa shape index (κ3) is 6.51. The summed E-state index contributed by atoms with van der Waals surface area (Å²) >= 11 is 5.64. The summed E-state index contributed by atoms with van der Waals surface area (Å²) in [5, 5.41) is 14.0. The minimum Gasteiger partial charge on any atom is -0.398 e. The third-order valence-corrected chi connectivity index (χ3v) is 6.98. The smallest absolute Gasteiger partial charge is 0.248 e. The van der Waals surface area contributed by atoms with Crippen molar-refractivity contribution < 1.29 is 14.7 Å². The number of nitrogens with zero attached hydrogens (tertiary/aromatic N) is 1. The fraction of sp³-hybridized carbons (Fsp3) is 0.423. The van der Waals surface area contributed by atoms with Gasteiger partial charge in [0.2, 0.25) is 11.8 Å². The van der Waals surface area contributed by atoms with Crippen molar-refractivity contribution in [1.82, 2.24) is 10.3 Å². The molecule has 1 aliphatic rings. The van der Waals surface area contributed by atoms with Gasteiger partial charge in [-0.3, -0.25) is 9.59 Å². The van der Waals surface area contributed by atoms with Gasteiger partial charge < -0.3 is 37.5 Å². The fourth-order valence-corrected chi connectivity index (χ4v) is 4.79. The zero-order valence-corrected chi connectivity index (χ0v) is 21.7. The number of hydrogen-bond donors (Lipinski definition) is 6. The second-order valence-corrected chi connectivity index (χ2v) is 9.62. The van der Waals surface area contributed by atoms with E-state index in [9.17, 15) is 14.7 Å². The molecule has 1 saturated heterocycles. The number of aromatic nitrogens is 1. The van der Waals surface area contributed by atoms with Gasteiger partial charge in [0.15, 0.2) is 0 Å². The molecule has 0 bridgehead atoms. The maximum atomic E-state index is 11.6. The Morgan fingerprint density at radius 3 is 2.39 bits per heavy atom. The molecular formula is C26H36N6O3S. The molecule has 0 saturated carbocycles. The molecular weight excluding hydrogens is 476 g/mol. The van der Waals surface area contributed by atoms with Crippen LogP contribution >= 0.6 is 12.2 Å². The number of nitrogens with one attached hydrogen (secondary N) is 2. The number of H-pyrrole nitrogens is 1. The number of anilines is 1. The Morgan fingerprint density at radius 2 is 1.83 bits per heavy atom. The summed E-state index contributed by atoms with van der Waals surface area (Å²) in [7, 11) is 0. The van der Waals surface area contributed by atoms with Crippen LogP contribution in [0.5, 0.6) is 0 Å². The van der Waals surface area contributed by atoms with Gasteiger partial charge in [-0.05, 0) is 55.5 Å². The molecule has 1 aromatic carbocycles. The van der Waals surface area contributed by atoms with E-state index in [1.165, 1.54) is 0 Å². The number of aromatic amines is 1. The first-order chi connectivity index (χ1) is 17.1. The Labute approximate surface area is 216 Å². The molecule has 1 unspecified atom stereocenters. The van der Waals surface area contributed by atoms with Crippen LogP contribution in [0.15, 0.2) is 35.9 Å². The number of nitrogens with two attached hydrogens (primary N) is 3. The average Bonchev–Trinajstić information content (AvgIpc) is 2.86. The van der Waals surface area contributed by atoms with E-state index < -0.39 is 17.9 Å². The predicted octanol–water partition coefficient (Wildman–Crippen LogP) is 2.26. The van der Waals surface area contributed by atoms with Crippen molar-refractivity contribution in [2.75, 3.05) is 24.5 Å². The lowest BCUT2D eigenvalue weighted by Gasteiger charge is -2.34. The van der Waals surface area contributed by atoms with Crippen molar-refractivity contribution in [3.63, 3.8) is 0 Å². The minimum absolute atomic E-state index is 0.273. The Bertz CT molecular complexity index is 1180. The lowest BCUT2D eigenvalue weighted by atomic mass is 9.99. The van der Waals surface area contributed by atoms with E-state index in [4.69, 9.17) is 29.4 Å². The van der Waals surface area contributed by atoms with Gasteiger partial charge in [0.05, 0.1) is 11.8 Å². The highest BCUT2D eigenvalue weighted by Crippen LogP contribution is 2.27. The quantitative estimate of drug-likeness (QED) is 0.210. The van der Waals surface area contributed by atoms with Crippen molar-refractivity contribution >= 4 is 35.5 Å². The highest BCUT2D eigenvalue weighted by atomic mass is 32.1. The number of pyridine rings is 1. The van der Waals surface area contributed by atoms with E-state index in [1.807, 2.05) is 0 Å². The second kappa shape index (κ2) is 12.2. The Morgan fingerprint density at radius 1 is 1.19 bits per heavy atom. The van der Waals surface area contributed by atoms with Crippen LogP contribution in [0.25, 0.3) is 5.70 Å². The van der Waals surface area contributed by atoms with E-state index in [-0.39, 0.29) is 6.04 Å². The van der Waals surface area contributed by atoms with Crippen LogP contribution in [0, 0.1) is 4.64 Å². The molecule has 1 aromatic heterocycles. The first-order valence-electron chi connectivity index (χ1n) is 12.2. The van der Waals surface area contributed by atoms with Crippen LogP contribution in [-0.4, -0.2) is 47.6 Å². The van der Waals surface area contributed by atoms with Gasteiger partial charge in [-0.15, -0.1) is 0 Å². The number of carbonyl (C=O) groups is 2. The molecule has 1 fully saturated rings. The van der Waals surface area contributed by atoms with Crippen LogP contribution in [0.3, 0.4) is 0 Å². The fourth-order valence-electron chi connectivity index (χ4n) is 4.44. The molecule has 10 heteroatoms. The predicted molar refractivity (Wildman–Crippen MR) is 145 cm³/mol. The van der Waals surface area contributed by atoms with Crippen LogP contribution in [0.2, 0.25) is 0 Å². The summed E-state index contributed by atoms with van der Waals surface area (Å²) in [5.74, 6) is -0.112. The van der Waals surface area contributed by atoms with E-state index in [1.54, 1.807) is 31.2 Å².